The highest BCUT2D eigenvalue weighted by Crippen LogP contribution is 2.25. The molecule has 0 atom stereocenters. The first-order valence-electron chi connectivity index (χ1n) is 10.8. The lowest BCUT2D eigenvalue weighted by Crippen LogP contribution is -2.28. The molecule has 2 aromatic rings. The number of carbonyl (C=O) groups is 1. The Balaban J connectivity index is 1.64. The molecule has 0 saturated heterocycles. The monoisotopic (exact) mass is 428 g/mol. The molecule has 1 fully saturated rings. The Bertz CT molecular complexity index is 947. The largest absolute Gasteiger partial charge is 0.352 e. The van der Waals surface area contributed by atoms with Crippen molar-refractivity contribution in [3.8, 4) is 0 Å². The third-order valence-corrected chi connectivity index (χ3v) is 7.76. The minimum Gasteiger partial charge on any atom is -0.352 e. The summed E-state index contributed by atoms with van der Waals surface area (Å²) < 4.78 is 27.1. The smallest absolute Gasteiger partial charge is 0.264 e. The predicted octanol–water partition coefficient (Wildman–Crippen LogP) is 4.91. The van der Waals surface area contributed by atoms with Gasteiger partial charge in [-0.15, -0.1) is 0 Å². The summed E-state index contributed by atoms with van der Waals surface area (Å²) in [7, 11) is -2.17. The Hall–Kier alpha value is -2.34. The fourth-order valence-electron chi connectivity index (χ4n) is 3.99. The van der Waals surface area contributed by atoms with Crippen LogP contribution in [0.25, 0.3) is 0 Å². The number of hydrogen-bond donors (Lipinski definition) is 1. The van der Waals surface area contributed by atoms with Crippen LogP contribution in [-0.4, -0.2) is 27.9 Å². The van der Waals surface area contributed by atoms with Gasteiger partial charge in [0.1, 0.15) is 0 Å². The van der Waals surface area contributed by atoms with Gasteiger partial charge in [-0.1, -0.05) is 62.3 Å². The van der Waals surface area contributed by atoms with Gasteiger partial charge in [0.25, 0.3) is 15.9 Å². The number of nitrogens with zero attached hydrogens (tertiary/aromatic N) is 1. The van der Waals surface area contributed by atoms with Crippen LogP contribution in [0.4, 0.5) is 5.69 Å². The molecule has 2 aromatic carbocycles. The standard InChI is InChI=1S/C24H32N2O3S/c1-19-12-14-23(15-13-19)30(28,29)26(2)22-11-7-10-21(18-22)24(27)25-17-16-20-8-5-3-4-6-9-20/h7,10-15,18,20H,3-6,8-9,16-17H2,1-2H3,(H,25,27). The maximum atomic E-state index is 12.9. The number of nitrogens with one attached hydrogen (secondary N) is 1. The summed E-state index contributed by atoms with van der Waals surface area (Å²) in [6.07, 6.45) is 8.77. The molecule has 1 amide bonds. The van der Waals surface area contributed by atoms with Gasteiger partial charge in [-0.3, -0.25) is 9.10 Å². The molecule has 1 aliphatic rings. The fourth-order valence-corrected chi connectivity index (χ4v) is 5.18. The zero-order valence-corrected chi connectivity index (χ0v) is 18.7. The topological polar surface area (TPSA) is 66.5 Å². The zero-order chi connectivity index (χ0) is 21.6. The van der Waals surface area contributed by atoms with Gasteiger partial charge in [0.05, 0.1) is 10.6 Å². The number of sulfonamides is 1. The molecular formula is C24H32N2O3S. The molecule has 1 aliphatic carbocycles. The highest BCUT2D eigenvalue weighted by atomic mass is 32.2. The molecule has 1 saturated carbocycles. The van der Waals surface area contributed by atoms with E-state index in [0.717, 1.165) is 12.0 Å². The summed E-state index contributed by atoms with van der Waals surface area (Å²) in [6, 6.07) is 13.5. The van der Waals surface area contributed by atoms with Crippen molar-refractivity contribution in [2.45, 2.75) is 56.8 Å². The van der Waals surface area contributed by atoms with Crippen molar-refractivity contribution in [2.75, 3.05) is 17.9 Å². The number of amides is 1. The third-order valence-electron chi connectivity index (χ3n) is 5.96. The van der Waals surface area contributed by atoms with Crippen molar-refractivity contribution in [2.24, 2.45) is 5.92 Å². The number of anilines is 1. The van der Waals surface area contributed by atoms with Gasteiger partial charge in [0.2, 0.25) is 0 Å². The average Bonchev–Trinajstić information content (AvgIpc) is 3.02. The maximum absolute atomic E-state index is 12.9. The van der Waals surface area contributed by atoms with E-state index < -0.39 is 10.0 Å². The summed E-state index contributed by atoms with van der Waals surface area (Å²) in [4.78, 5) is 12.8. The Morgan fingerprint density at radius 3 is 2.37 bits per heavy atom. The van der Waals surface area contributed by atoms with Crippen LogP contribution in [0.1, 0.15) is 60.9 Å². The van der Waals surface area contributed by atoms with E-state index in [1.54, 1.807) is 48.5 Å². The van der Waals surface area contributed by atoms with E-state index in [-0.39, 0.29) is 10.8 Å². The molecule has 3 rings (SSSR count). The lowest BCUT2D eigenvalue weighted by molar-refractivity contribution is 0.0951. The van der Waals surface area contributed by atoms with E-state index in [2.05, 4.69) is 5.32 Å². The normalized spacial score (nSPS) is 15.4. The van der Waals surface area contributed by atoms with Gasteiger partial charge in [0, 0.05) is 19.2 Å². The second-order valence-electron chi connectivity index (χ2n) is 8.24. The quantitative estimate of drug-likeness (QED) is 0.637. The first-order chi connectivity index (χ1) is 14.4. The average molecular weight is 429 g/mol. The van der Waals surface area contributed by atoms with Gasteiger partial charge in [0.15, 0.2) is 0 Å². The first kappa shape index (κ1) is 22.3. The summed E-state index contributed by atoms with van der Waals surface area (Å²) in [5.74, 6) is 0.538. The molecule has 0 aliphatic heterocycles. The van der Waals surface area contributed by atoms with Crippen molar-refractivity contribution in [1.29, 1.82) is 0 Å². The van der Waals surface area contributed by atoms with Crippen LogP contribution in [0, 0.1) is 12.8 Å². The lowest BCUT2D eigenvalue weighted by atomic mass is 9.97. The maximum Gasteiger partial charge on any atom is 0.264 e. The van der Waals surface area contributed by atoms with Crippen molar-refractivity contribution in [1.82, 2.24) is 5.32 Å². The van der Waals surface area contributed by atoms with Crippen LogP contribution >= 0.6 is 0 Å². The molecule has 0 bridgehead atoms. The number of hydrogen-bond acceptors (Lipinski definition) is 3. The Labute approximate surface area is 180 Å². The highest BCUT2D eigenvalue weighted by Gasteiger charge is 2.22. The fraction of sp³-hybridized carbons (Fsp3) is 0.458. The summed E-state index contributed by atoms with van der Waals surface area (Å²) in [5, 5.41) is 3.00. The molecule has 0 radical (unpaired) electrons. The van der Waals surface area contributed by atoms with Crippen LogP contribution in [0.5, 0.6) is 0 Å². The van der Waals surface area contributed by atoms with Crippen LogP contribution in [0.3, 0.4) is 0 Å². The molecule has 5 nitrogen and oxygen atoms in total. The molecule has 30 heavy (non-hydrogen) atoms. The van der Waals surface area contributed by atoms with E-state index in [4.69, 9.17) is 0 Å². The SMILES string of the molecule is Cc1ccc(S(=O)(=O)N(C)c2cccc(C(=O)NCCC3CCCCCC3)c2)cc1. The zero-order valence-electron chi connectivity index (χ0n) is 17.9. The second kappa shape index (κ2) is 10.1. The highest BCUT2D eigenvalue weighted by molar-refractivity contribution is 7.92. The molecule has 0 heterocycles. The van der Waals surface area contributed by atoms with Crippen LogP contribution in [0.2, 0.25) is 0 Å². The van der Waals surface area contributed by atoms with Crippen molar-refractivity contribution in [3.05, 3.63) is 59.7 Å². The van der Waals surface area contributed by atoms with Gasteiger partial charge in [-0.25, -0.2) is 8.42 Å². The molecule has 6 heteroatoms. The second-order valence-corrected chi connectivity index (χ2v) is 10.2. The van der Waals surface area contributed by atoms with E-state index in [0.29, 0.717) is 23.7 Å². The van der Waals surface area contributed by atoms with Gasteiger partial charge in [-0.05, 0) is 49.6 Å². The van der Waals surface area contributed by atoms with Crippen molar-refractivity contribution in [3.63, 3.8) is 0 Å². The van der Waals surface area contributed by atoms with Crippen LogP contribution in [0.15, 0.2) is 53.4 Å². The number of aryl methyl sites for hydroxylation is 1. The third kappa shape index (κ3) is 5.63. The van der Waals surface area contributed by atoms with Crippen molar-refractivity contribution < 1.29 is 13.2 Å². The lowest BCUT2D eigenvalue weighted by Gasteiger charge is -2.20. The van der Waals surface area contributed by atoms with E-state index >= 15 is 0 Å². The van der Waals surface area contributed by atoms with Crippen LogP contribution < -0.4 is 9.62 Å². The predicted molar refractivity (Wildman–Crippen MR) is 121 cm³/mol. The number of rotatable bonds is 7. The van der Waals surface area contributed by atoms with Crippen molar-refractivity contribution >= 4 is 21.6 Å². The van der Waals surface area contributed by atoms with E-state index in [9.17, 15) is 13.2 Å². The van der Waals surface area contributed by atoms with Gasteiger partial charge >= 0.3 is 0 Å². The Morgan fingerprint density at radius 1 is 1.03 bits per heavy atom. The minimum absolute atomic E-state index is 0.161. The molecule has 0 aromatic heterocycles. The molecular weight excluding hydrogens is 396 g/mol. The summed E-state index contributed by atoms with van der Waals surface area (Å²) >= 11 is 0. The minimum atomic E-state index is -3.68. The molecule has 0 unspecified atom stereocenters. The van der Waals surface area contributed by atoms with Gasteiger partial charge in [-0.2, -0.15) is 0 Å². The Kier molecular flexibility index (Phi) is 7.53. The van der Waals surface area contributed by atoms with E-state index in [1.165, 1.54) is 49.9 Å². The van der Waals surface area contributed by atoms with Crippen LogP contribution in [-0.2, 0) is 10.0 Å². The molecule has 162 valence electrons. The summed E-state index contributed by atoms with van der Waals surface area (Å²) in [6.45, 7) is 2.57. The Morgan fingerprint density at radius 2 is 1.70 bits per heavy atom. The van der Waals surface area contributed by atoms with Gasteiger partial charge < -0.3 is 5.32 Å². The first-order valence-corrected chi connectivity index (χ1v) is 12.3. The number of carbonyl (C=O) groups excluding carboxylic acids is 1. The molecule has 1 N–H and O–H groups in total. The summed E-state index contributed by atoms with van der Waals surface area (Å²) in [5.41, 5.74) is 1.94. The number of benzene rings is 2. The van der Waals surface area contributed by atoms with E-state index in [1.807, 2.05) is 6.92 Å². The molecule has 0 spiro atoms.